The predicted molar refractivity (Wildman–Crippen MR) is 140 cm³/mol. The molecular formula is C25H38N6O8. The van der Waals surface area contributed by atoms with Crippen molar-refractivity contribution in [2.24, 2.45) is 17.2 Å². The molecule has 0 bridgehead atoms. The molecule has 14 nitrogen and oxygen atoms in total. The van der Waals surface area contributed by atoms with Crippen molar-refractivity contribution in [2.75, 3.05) is 6.54 Å². The second-order valence-corrected chi connectivity index (χ2v) is 9.04. The number of amides is 4. The van der Waals surface area contributed by atoms with Crippen molar-refractivity contribution < 1.29 is 39.0 Å². The SMILES string of the molecule is NCCCCC(NC(=O)C(CCC(=O)O)NC(=O)C(N)Cc1ccccc1)C(=O)NC(CCC(N)=O)C(=O)O. The lowest BCUT2D eigenvalue weighted by Gasteiger charge is -2.25. The summed E-state index contributed by atoms with van der Waals surface area (Å²) in [5.41, 5.74) is 17.4. The fourth-order valence-electron chi connectivity index (χ4n) is 3.63. The highest BCUT2D eigenvalue weighted by atomic mass is 16.4. The first kappa shape index (κ1) is 33.0. The Bertz CT molecular complexity index is 990. The number of nitrogens with two attached hydrogens (primary N) is 3. The molecule has 0 radical (unpaired) electrons. The summed E-state index contributed by atoms with van der Waals surface area (Å²) >= 11 is 0. The number of unbranched alkanes of at least 4 members (excludes halogenated alkanes) is 1. The second-order valence-electron chi connectivity index (χ2n) is 9.04. The summed E-state index contributed by atoms with van der Waals surface area (Å²) in [7, 11) is 0. The van der Waals surface area contributed by atoms with Gasteiger partial charge in [-0.15, -0.1) is 0 Å². The van der Waals surface area contributed by atoms with Gasteiger partial charge in [0.1, 0.15) is 18.1 Å². The topological polar surface area (TPSA) is 257 Å². The Morgan fingerprint density at radius 3 is 1.82 bits per heavy atom. The molecule has 0 heterocycles. The quantitative estimate of drug-likeness (QED) is 0.0910. The highest BCUT2D eigenvalue weighted by Crippen LogP contribution is 2.08. The van der Waals surface area contributed by atoms with E-state index in [1.54, 1.807) is 30.3 Å². The second kappa shape index (κ2) is 17.5. The highest BCUT2D eigenvalue weighted by Gasteiger charge is 2.30. The highest BCUT2D eigenvalue weighted by molar-refractivity contribution is 5.94. The van der Waals surface area contributed by atoms with Gasteiger partial charge < -0.3 is 43.4 Å². The van der Waals surface area contributed by atoms with E-state index in [-0.39, 0.29) is 32.1 Å². The minimum absolute atomic E-state index is 0.0874. The van der Waals surface area contributed by atoms with E-state index in [0.29, 0.717) is 19.4 Å². The molecule has 216 valence electrons. The normalized spacial score (nSPS) is 13.8. The Balaban J connectivity index is 3.00. The van der Waals surface area contributed by atoms with Crippen LogP contribution >= 0.6 is 0 Å². The number of carbonyl (C=O) groups excluding carboxylic acids is 4. The number of benzene rings is 1. The molecule has 1 aromatic carbocycles. The predicted octanol–water partition coefficient (Wildman–Crippen LogP) is -1.65. The van der Waals surface area contributed by atoms with Gasteiger partial charge in [0, 0.05) is 12.8 Å². The fourth-order valence-corrected chi connectivity index (χ4v) is 3.63. The average molecular weight is 551 g/mol. The van der Waals surface area contributed by atoms with Crippen molar-refractivity contribution in [3.05, 3.63) is 35.9 Å². The van der Waals surface area contributed by atoms with Crippen LogP contribution in [0.4, 0.5) is 0 Å². The molecule has 0 aliphatic heterocycles. The lowest BCUT2D eigenvalue weighted by molar-refractivity contribution is -0.142. The molecule has 0 saturated heterocycles. The van der Waals surface area contributed by atoms with Gasteiger partial charge in [0.2, 0.25) is 23.6 Å². The molecule has 0 spiro atoms. The first-order valence-corrected chi connectivity index (χ1v) is 12.6. The van der Waals surface area contributed by atoms with Crippen molar-refractivity contribution in [2.45, 2.75) is 75.5 Å². The van der Waals surface area contributed by atoms with Crippen molar-refractivity contribution in [3.8, 4) is 0 Å². The number of hydrogen-bond donors (Lipinski definition) is 8. The molecule has 0 saturated carbocycles. The molecule has 4 amide bonds. The van der Waals surface area contributed by atoms with Crippen LogP contribution in [0.3, 0.4) is 0 Å². The van der Waals surface area contributed by atoms with E-state index in [2.05, 4.69) is 16.0 Å². The maximum atomic E-state index is 13.1. The molecule has 0 aliphatic carbocycles. The van der Waals surface area contributed by atoms with Gasteiger partial charge in [0.25, 0.3) is 0 Å². The van der Waals surface area contributed by atoms with Crippen LogP contribution in [0, 0.1) is 0 Å². The first-order valence-electron chi connectivity index (χ1n) is 12.6. The molecule has 0 aromatic heterocycles. The minimum atomic E-state index is -1.43. The van der Waals surface area contributed by atoms with Crippen molar-refractivity contribution in [1.82, 2.24) is 16.0 Å². The van der Waals surface area contributed by atoms with Gasteiger partial charge in [-0.25, -0.2) is 4.79 Å². The first-order chi connectivity index (χ1) is 18.4. The van der Waals surface area contributed by atoms with Gasteiger partial charge >= 0.3 is 11.9 Å². The summed E-state index contributed by atoms with van der Waals surface area (Å²) in [6, 6.07) is 3.91. The van der Waals surface area contributed by atoms with Crippen LogP contribution in [0.25, 0.3) is 0 Å². The van der Waals surface area contributed by atoms with Gasteiger partial charge in [-0.3, -0.25) is 24.0 Å². The third-order valence-corrected chi connectivity index (χ3v) is 5.79. The van der Waals surface area contributed by atoms with Gasteiger partial charge in [-0.05, 0) is 50.6 Å². The number of carboxylic acid groups (broad SMARTS) is 2. The van der Waals surface area contributed by atoms with Crippen LogP contribution in [0.5, 0.6) is 0 Å². The zero-order chi connectivity index (χ0) is 29.4. The Morgan fingerprint density at radius 1 is 0.744 bits per heavy atom. The summed E-state index contributed by atoms with van der Waals surface area (Å²) in [6.07, 6.45) is -0.0946. The molecule has 0 fully saturated rings. The number of rotatable bonds is 19. The van der Waals surface area contributed by atoms with E-state index in [0.717, 1.165) is 5.56 Å². The summed E-state index contributed by atoms with van der Waals surface area (Å²) < 4.78 is 0. The molecule has 1 aromatic rings. The largest absolute Gasteiger partial charge is 0.481 e. The third-order valence-electron chi connectivity index (χ3n) is 5.79. The summed E-state index contributed by atoms with van der Waals surface area (Å²) in [4.78, 5) is 72.5. The average Bonchev–Trinajstić information content (AvgIpc) is 2.88. The zero-order valence-electron chi connectivity index (χ0n) is 21.6. The smallest absolute Gasteiger partial charge is 0.326 e. The lowest BCUT2D eigenvalue weighted by atomic mass is 10.0. The van der Waals surface area contributed by atoms with Crippen LogP contribution in [-0.4, -0.2) is 76.5 Å². The third kappa shape index (κ3) is 13.4. The standard InChI is InChI=1S/C25H38N6O8/c26-13-5-4-8-17(23(36)31-19(25(38)39)9-11-20(28)32)30-24(37)18(10-12-21(33)34)29-22(35)16(27)14-15-6-2-1-3-7-15/h1-3,6-7,16-19H,4-5,8-14,26-27H2,(H2,28,32)(H,29,35)(H,30,37)(H,31,36)(H,33,34)(H,38,39). The van der Waals surface area contributed by atoms with Crippen LogP contribution in [0.2, 0.25) is 0 Å². The number of aliphatic carboxylic acids is 2. The molecule has 1 rings (SSSR count). The van der Waals surface area contributed by atoms with Crippen molar-refractivity contribution >= 4 is 35.6 Å². The van der Waals surface area contributed by atoms with Crippen molar-refractivity contribution in [3.63, 3.8) is 0 Å². The van der Waals surface area contributed by atoms with E-state index in [1.165, 1.54) is 0 Å². The molecular weight excluding hydrogens is 512 g/mol. The molecule has 14 heteroatoms. The molecule has 11 N–H and O–H groups in total. The molecule has 4 atom stereocenters. The Kier molecular flexibility index (Phi) is 14.8. The Labute approximate surface area is 226 Å². The summed E-state index contributed by atoms with van der Waals surface area (Å²) in [5.74, 6) is -5.70. The molecule has 4 unspecified atom stereocenters. The fraction of sp³-hybridized carbons (Fsp3) is 0.520. The lowest BCUT2D eigenvalue weighted by Crippen LogP contribution is -2.57. The Morgan fingerprint density at radius 2 is 1.28 bits per heavy atom. The van der Waals surface area contributed by atoms with Gasteiger partial charge in [0.15, 0.2) is 0 Å². The zero-order valence-corrected chi connectivity index (χ0v) is 21.6. The van der Waals surface area contributed by atoms with E-state index >= 15 is 0 Å². The van der Waals surface area contributed by atoms with Crippen LogP contribution < -0.4 is 33.2 Å². The summed E-state index contributed by atoms with van der Waals surface area (Å²) in [5, 5.41) is 25.7. The van der Waals surface area contributed by atoms with Crippen LogP contribution in [0.1, 0.15) is 50.5 Å². The summed E-state index contributed by atoms with van der Waals surface area (Å²) in [6.45, 7) is 0.315. The Hall–Kier alpha value is -4.04. The number of nitrogens with one attached hydrogen (secondary N) is 3. The van der Waals surface area contributed by atoms with E-state index < -0.39 is 66.2 Å². The van der Waals surface area contributed by atoms with Gasteiger partial charge in [0.05, 0.1) is 6.04 Å². The molecule has 0 aliphatic rings. The van der Waals surface area contributed by atoms with Gasteiger partial charge in [-0.2, -0.15) is 0 Å². The van der Waals surface area contributed by atoms with Crippen molar-refractivity contribution in [1.29, 1.82) is 0 Å². The number of carbonyl (C=O) groups is 6. The van der Waals surface area contributed by atoms with Gasteiger partial charge in [-0.1, -0.05) is 30.3 Å². The van der Waals surface area contributed by atoms with E-state index in [4.69, 9.17) is 22.3 Å². The number of primary amides is 1. The van der Waals surface area contributed by atoms with E-state index in [9.17, 15) is 33.9 Å². The van der Waals surface area contributed by atoms with Crippen LogP contribution in [-0.2, 0) is 35.2 Å². The maximum absolute atomic E-state index is 13.1. The minimum Gasteiger partial charge on any atom is -0.481 e. The maximum Gasteiger partial charge on any atom is 0.326 e. The molecule has 39 heavy (non-hydrogen) atoms. The monoisotopic (exact) mass is 550 g/mol. The van der Waals surface area contributed by atoms with E-state index in [1.807, 2.05) is 0 Å². The number of carboxylic acids is 2. The van der Waals surface area contributed by atoms with Crippen LogP contribution in [0.15, 0.2) is 30.3 Å². The number of hydrogen-bond acceptors (Lipinski definition) is 8.